The second kappa shape index (κ2) is 3.96. The fourth-order valence-electron chi connectivity index (χ4n) is 2.49. The molecule has 100 valence electrons. The van der Waals surface area contributed by atoms with E-state index >= 15 is 0 Å². The highest BCUT2D eigenvalue weighted by Crippen LogP contribution is 2.30. The van der Waals surface area contributed by atoms with Crippen LogP contribution in [0.3, 0.4) is 0 Å². The van der Waals surface area contributed by atoms with Crippen LogP contribution in [0.15, 0.2) is 24.7 Å². The molecule has 0 spiro atoms. The third-order valence-electron chi connectivity index (χ3n) is 3.27. The van der Waals surface area contributed by atoms with Crippen LogP contribution in [0, 0.1) is 5.92 Å². The zero-order valence-electron chi connectivity index (χ0n) is 11.2. The third kappa shape index (κ3) is 1.43. The minimum absolute atomic E-state index is 0.470. The monoisotopic (exact) mass is 267 g/mol. The second-order valence-corrected chi connectivity index (χ2v) is 5.24. The Morgan fingerprint density at radius 3 is 2.80 bits per heavy atom. The van der Waals surface area contributed by atoms with Gasteiger partial charge in [0.25, 0.3) is 0 Å². The molecule has 7 nitrogen and oxygen atoms in total. The fourth-order valence-corrected chi connectivity index (χ4v) is 2.49. The van der Waals surface area contributed by atoms with Crippen molar-refractivity contribution in [1.29, 1.82) is 0 Å². The number of imidazole rings is 1. The Morgan fingerprint density at radius 1 is 1.10 bits per heavy atom. The first-order valence-electron chi connectivity index (χ1n) is 6.55. The van der Waals surface area contributed by atoms with Gasteiger partial charge in [0.15, 0.2) is 11.3 Å². The van der Waals surface area contributed by atoms with Crippen molar-refractivity contribution in [1.82, 2.24) is 34.6 Å². The zero-order valence-corrected chi connectivity index (χ0v) is 11.2. The Labute approximate surface area is 114 Å². The van der Waals surface area contributed by atoms with Crippen LogP contribution < -0.4 is 0 Å². The Kier molecular flexibility index (Phi) is 2.23. The van der Waals surface area contributed by atoms with Gasteiger partial charge in [0.2, 0.25) is 0 Å². The van der Waals surface area contributed by atoms with Crippen molar-refractivity contribution in [3.8, 4) is 11.4 Å². The molecule has 2 aliphatic heterocycles. The van der Waals surface area contributed by atoms with E-state index < -0.39 is 0 Å². The van der Waals surface area contributed by atoms with E-state index in [1.165, 1.54) is 0 Å². The van der Waals surface area contributed by atoms with E-state index in [1.54, 1.807) is 17.0 Å². The minimum atomic E-state index is 0.470. The molecule has 0 saturated heterocycles. The van der Waals surface area contributed by atoms with Crippen molar-refractivity contribution in [2.75, 3.05) is 0 Å². The molecule has 4 rings (SSSR count). The lowest BCUT2D eigenvalue weighted by Crippen LogP contribution is -2.08. The Bertz CT molecular complexity index is 873. The van der Waals surface area contributed by atoms with Crippen LogP contribution in [0.25, 0.3) is 28.1 Å². The lowest BCUT2D eigenvalue weighted by molar-refractivity contribution is 0.482. The van der Waals surface area contributed by atoms with Gasteiger partial charge in [-0.3, -0.25) is 0 Å². The first kappa shape index (κ1) is 11.3. The number of fused-ring (bicyclic) bond motifs is 6. The molecule has 2 aromatic rings. The van der Waals surface area contributed by atoms with Crippen LogP contribution in [0.4, 0.5) is 0 Å². The van der Waals surface area contributed by atoms with Gasteiger partial charge in [-0.05, 0) is 28.5 Å². The predicted octanol–water partition coefficient (Wildman–Crippen LogP) is 1.63. The van der Waals surface area contributed by atoms with E-state index in [2.05, 4.69) is 39.2 Å². The highest BCUT2D eigenvalue weighted by Gasteiger charge is 2.21. The SMILES string of the molecule is CC(C)Cn1nnn2c3ncccc3c3ncnc-3c12. The molecule has 0 bridgehead atoms. The number of nitrogens with zero attached hydrogens (tertiary/aromatic N) is 7. The van der Waals surface area contributed by atoms with Crippen molar-refractivity contribution < 1.29 is 0 Å². The molecule has 0 amide bonds. The van der Waals surface area contributed by atoms with Crippen LogP contribution in [-0.2, 0) is 6.54 Å². The molecular weight excluding hydrogens is 254 g/mol. The maximum absolute atomic E-state index is 4.41. The molecule has 0 N–H and O–H groups in total. The van der Waals surface area contributed by atoms with Crippen molar-refractivity contribution in [3.05, 3.63) is 24.7 Å². The molecule has 20 heavy (non-hydrogen) atoms. The highest BCUT2D eigenvalue weighted by molar-refractivity contribution is 5.96. The van der Waals surface area contributed by atoms with Crippen molar-refractivity contribution >= 4 is 16.7 Å². The van der Waals surface area contributed by atoms with Crippen LogP contribution in [0.1, 0.15) is 13.8 Å². The predicted molar refractivity (Wildman–Crippen MR) is 73.3 cm³/mol. The largest absolute Gasteiger partial charge is 0.236 e. The zero-order chi connectivity index (χ0) is 13.7. The second-order valence-electron chi connectivity index (χ2n) is 5.24. The topological polar surface area (TPSA) is 73.8 Å². The van der Waals surface area contributed by atoms with E-state index in [9.17, 15) is 0 Å². The van der Waals surface area contributed by atoms with Crippen molar-refractivity contribution in [2.24, 2.45) is 5.92 Å². The van der Waals surface area contributed by atoms with Crippen molar-refractivity contribution in [3.63, 3.8) is 0 Å². The molecule has 0 saturated carbocycles. The summed E-state index contributed by atoms with van der Waals surface area (Å²) in [4.78, 5) is 13.2. The van der Waals surface area contributed by atoms with Gasteiger partial charge in [-0.25, -0.2) is 19.6 Å². The highest BCUT2D eigenvalue weighted by atomic mass is 15.6. The number of hydrogen-bond acceptors (Lipinski definition) is 5. The average molecular weight is 267 g/mol. The Morgan fingerprint density at radius 2 is 1.95 bits per heavy atom. The molecule has 0 aromatic carbocycles. The minimum Gasteiger partial charge on any atom is -0.236 e. The Hall–Kier alpha value is -2.57. The number of hydrogen-bond donors (Lipinski definition) is 0. The van der Waals surface area contributed by atoms with Crippen LogP contribution in [0.5, 0.6) is 0 Å². The van der Waals surface area contributed by atoms with Gasteiger partial charge in [-0.1, -0.05) is 13.8 Å². The van der Waals surface area contributed by atoms with E-state index in [1.807, 2.05) is 16.8 Å². The molecule has 2 aromatic heterocycles. The normalized spacial score (nSPS) is 12.2. The number of aromatic nitrogens is 7. The van der Waals surface area contributed by atoms with Crippen LogP contribution >= 0.6 is 0 Å². The summed E-state index contributed by atoms with van der Waals surface area (Å²) >= 11 is 0. The molecule has 0 aliphatic carbocycles. The molecule has 0 unspecified atom stereocenters. The number of rotatable bonds is 2. The van der Waals surface area contributed by atoms with E-state index in [4.69, 9.17) is 0 Å². The molecule has 4 heterocycles. The molecule has 0 atom stereocenters. The summed E-state index contributed by atoms with van der Waals surface area (Å²) in [6.45, 7) is 5.07. The summed E-state index contributed by atoms with van der Waals surface area (Å²) in [7, 11) is 0. The molecule has 0 fully saturated rings. The van der Waals surface area contributed by atoms with Crippen LogP contribution in [0.2, 0.25) is 0 Å². The van der Waals surface area contributed by atoms with Gasteiger partial charge >= 0.3 is 0 Å². The maximum atomic E-state index is 4.41. The summed E-state index contributed by atoms with van der Waals surface area (Å²) < 4.78 is 3.62. The third-order valence-corrected chi connectivity index (χ3v) is 3.27. The van der Waals surface area contributed by atoms with Gasteiger partial charge in [0.05, 0.1) is 0 Å². The van der Waals surface area contributed by atoms with Crippen molar-refractivity contribution in [2.45, 2.75) is 20.4 Å². The average Bonchev–Trinajstić information content (AvgIpc) is 3.05. The van der Waals surface area contributed by atoms with E-state index in [-0.39, 0.29) is 0 Å². The van der Waals surface area contributed by atoms with Gasteiger partial charge < -0.3 is 0 Å². The summed E-state index contributed by atoms with van der Waals surface area (Å²) in [5.41, 5.74) is 3.26. The van der Waals surface area contributed by atoms with Crippen LogP contribution in [-0.4, -0.2) is 34.6 Å². The summed E-state index contributed by atoms with van der Waals surface area (Å²) in [6.07, 6.45) is 3.32. The molecule has 0 radical (unpaired) electrons. The number of pyridine rings is 2. The van der Waals surface area contributed by atoms with Gasteiger partial charge in [0, 0.05) is 18.1 Å². The van der Waals surface area contributed by atoms with Gasteiger partial charge in [-0.15, -0.1) is 0 Å². The standard InChI is InChI=1S/C13H13N7/c1-8(2)6-19-13-11-10(15-7-16-11)9-4-3-5-14-12(9)20(13)18-17-19/h3-5,7-8H,6H2,1-2H3. The van der Waals surface area contributed by atoms with E-state index in [0.29, 0.717) is 5.92 Å². The Balaban J connectivity index is 2.18. The fraction of sp³-hybridized carbons (Fsp3) is 0.308. The van der Waals surface area contributed by atoms with Gasteiger partial charge in [-0.2, -0.15) is 4.52 Å². The quantitative estimate of drug-likeness (QED) is 0.552. The lowest BCUT2D eigenvalue weighted by Gasteiger charge is -2.08. The smallest absolute Gasteiger partial charge is 0.184 e. The summed E-state index contributed by atoms with van der Waals surface area (Å²) in [6, 6.07) is 3.87. The molecule has 2 aliphatic rings. The van der Waals surface area contributed by atoms with Gasteiger partial charge in [0.1, 0.15) is 17.7 Å². The summed E-state index contributed by atoms with van der Waals surface area (Å²) in [5, 5.41) is 9.41. The molecule has 7 heteroatoms. The first-order chi connectivity index (χ1) is 9.75. The first-order valence-corrected chi connectivity index (χ1v) is 6.55. The van der Waals surface area contributed by atoms with E-state index in [0.717, 1.165) is 34.6 Å². The molecular formula is C13H13N7. The number of tetrazole rings is 1. The summed E-state index contributed by atoms with van der Waals surface area (Å²) in [5.74, 6) is 0.470. The lowest BCUT2D eigenvalue weighted by atomic mass is 10.2. The maximum Gasteiger partial charge on any atom is 0.184 e.